The van der Waals surface area contributed by atoms with Crippen LogP contribution < -0.4 is 0 Å². The summed E-state index contributed by atoms with van der Waals surface area (Å²) >= 11 is 0. The van der Waals surface area contributed by atoms with E-state index in [2.05, 4.69) is 17.1 Å². The first kappa shape index (κ1) is 10.7. The summed E-state index contributed by atoms with van der Waals surface area (Å²) in [5.74, 6) is 0.632. The summed E-state index contributed by atoms with van der Waals surface area (Å²) in [6.45, 7) is 4.68. The second kappa shape index (κ2) is 4.35. The Balaban J connectivity index is 1.85. The fourth-order valence-electron chi connectivity index (χ4n) is 2.73. The van der Waals surface area contributed by atoms with Gasteiger partial charge in [-0.05, 0) is 24.7 Å². The van der Waals surface area contributed by atoms with Crippen LogP contribution in [0.1, 0.15) is 19.8 Å². The molecule has 3 heteroatoms. The summed E-state index contributed by atoms with van der Waals surface area (Å²) in [5.41, 5.74) is 0. The minimum absolute atomic E-state index is 0.238. The van der Waals surface area contributed by atoms with Crippen LogP contribution in [0.5, 0.6) is 0 Å². The maximum atomic E-state index is 10.8. The molecule has 1 unspecified atom stereocenters. The molecule has 84 valence electrons. The second-order valence-electron chi connectivity index (χ2n) is 4.92. The van der Waals surface area contributed by atoms with Gasteiger partial charge >= 0.3 is 5.97 Å². The number of carboxylic acids is 1. The molecule has 1 aliphatic carbocycles. The Morgan fingerprint density at radius 3 is 2.40 bits per heavy atom. The van der Waals surface area contributed by atoms with Gasteiger partial charge in [0.15, 0.2) is 0 Å². The van der Waals surface area contributed by atoms with Crippen molar-refractivity contribution in [2.45, 2.75) is 19.8 Å². The first-order chi connectivity index (χ1) is 7.16. The van der Waals surface area contributed by atoms with Crippen molar-refractivity contribution < 1.29 is 9.90 Å². The van der Waals surface area contributed by atoms with E-state index < -0.39 is 5.97 Å². The maximum Gasteiger partial charge on any atom is 0.307 e. The van der Waals surface area contributed by atoms with Gasteiger partial charge in [-0.2, -0.15) is 0 Å². The van der Waals surface area contributed by atoms with Gasteiger partial charge in [-0.3, -0.25) is 4.79 Å². The number of carbonyl (C=O) groups is 1. The summed E-state index contributed by atoms with van der Waals surface area (Å²) in [5, 5.41) is 8.86. The molecular formula is C12H19NO2. The van der Waals surface area contributed by atoms with Gasteiger partial charge in [-0.15, -0.1) is 0 Å². The lowest BCUT2D eigenvalue weighted by molar-refractivity contribution is -0.141. The molecule has 0 aromatic rings. The number of hydrogen-bond acceptors (Lipinski definition) is 2. The molecular weight excluding hydrogens is 190 g/mol. The van der Waals surface area contributed by atoms with Gasteiger partial charge in [-0.1, -0.05) is 19.1 Å². The Morgan fingerprint density at radius 1 is 1.40 bits per heavy atom. The first-order valence-corrected chi connectivity index (χ1v) is 5.77. The number of rotatable bonds is 3. The highest BCUT2D eigenvalue weighted by Gasteiger charge is 2.33. The lowest BCUT2D eigenvalue weighted by Crippen LogP contribution is -2.30. The van der Waals surface area contributed by atoms with Gasteiger partial charge in [0.25, 0.3) is 0 Å². The van der Waals surface area contributed by atoms with Crippen molar-refractivity contribution in [3.8, 4) is 0 Å². The topological polar surface area (TPSA) is 40.5 Å². The molecule has 0 bridgehead atoms. The van der Waals surface area contributed by atoms with Gasteiger partial charge in [0, 0.05) is 19.6 Å². The first-order valence-electron chi connectivity index (χ1n) is 5.77. The van der Waals surface area contributed by atoms with Gasteiger partial charge < -0.3 is 10.0 Å². The van der Waals surface area contributed by atoms with Gasteiger partial charge in [0.2, 0.25) is 0 Å². The second-order valence-corrected chi connectivity index (χ2v) is 4.92. The van der Waals surface area contributed by atoms with Crippen molar-refractivity contribution in [1.82, 2.24) is 4.90 Å². The molecule has 2 aliphatic rings. The van der Waals surface area contributed by atoms with Gasteiger partial charge in [-0.25, -0.2) is 0 Å². The molecule has 3 atom stereocenters. The van der Waals surface area contributed by atoms with Crippen molar-refractivity contribution >= 4 is 5.97 Å². The highest BCUT2D eigenvalue weighted by Crippen LogP contribution is 2.32. The zero-order valence-electron chi connectivity index (χ0n) is 9.22. The maximum absolute atomic E-state index is 10.8. The minimum Gasteiger partial charge on any atom is -0.481 e. The largest absolute Gasteiger partial charge is 0.481 e. The van der Waals surface area contributed by atoms with E-state index in [1.165, 1.54) is 12.8 Å². The van der Waals surface area contributed by atoms with E-state index in [0.717, 1.165) is 24.9 Å². The van der Waals surface area contributed by atoms with Crippen molar-refractivity contribution in [1.29, 1.82) is 0 Å². The van der Waals surface area contributed by atoms with Crippen LogP contribution in [0, 0.1) is 17.8 Å². The zero-order valence-corrected chi connectivity index (χ0v) is 9.22. The van der Waals surface area contributed by atoms with Crippen LogP contribution in [0.4, 0.5) is 0 Å². The molecule has 0 aromatic carbocycles. The highest BCUT2D eigenvalue weighted by molar-refractivity contribution is 5.69. The molecule has 0 spiro atoms. The molecule has 2 rings (SSSR count). The van der Waals surface area contributed by atoms with E-state index in [1.54, 1.807) is 6.92 Å². The number of nitrogens with zero attached hydrogens (tertiary/aromatic N) is 1. The van der Waals surface area contributed by atoms with Crippen LogP contribution in [0.2, 0.25) is 0 Å². The summed E-state index contributed by atoms with van der Waals surface area (Å²) in [6.07, 6.45) is 6.90. The Hall–Kier alpha value is -0.830. The number of aliphatic carboxylic acids is 1. The molecule has 1 N–H and O–H groups in total. The number of hydrogen-bond donors (Lipinski definition) is 1. The van der Waals surface area contributed by atoms with Crippen LogP contribution in [-0.2, 0) is 4.79 Å². The predicted molar refractivity (Wildman–Crippen MR) is 58.6 cm³/mol. The minimum atomic E-state index is -0.678. The molecule has 1 aliphatic heterocycles. The van der Waals surface area contributed by atoms with E-state index in [4.69, 9.17) is 5.11 Å². The lowest BCUT2D eigenvalue weighted by atomic mass is 9.86. The van der Waals surface area contributed by atoms with Crippen LogP contribution in [0.3, 0.4) is 0 Å². The lowest BCUT2D eigenvalue weighted by Gasteiger charge is -2.18. The zero-order chi connectivity index (χ0) is 10.8. The van der Waals surface area contributed by atoms with E-state index >= 15 is 0 Å². The molecule has 1 fully saturated rings. The van der Waals surface area contributed by atoms with Crippen LogP contribution in [0.15, 0.2) is 12.2 Å². The molecule has 1 heterocycles. The molecule has 3 nitrogen and oxygen atoms in total. The third-order valence-electron chi connectivity index (χ3n) is 3.65. The monoisotopic (exact) mass is 209 g/mol. The number of fused-ring (bicyclic) bond motifs is 1. The smallest absolute Gasteiger partial charge is 0.307 e. The van der Waals surface area contributed by atoms with Crippen molar-refractivity contribution in [2.75, 3.05) is 19.6 Å². The van der Waals surface area contributed by atoms with E-state index in [1.807, 2.05) is 0 Å². The average molecular weight is 209 g/mol. The Labute approximate surface area is 90.8 Å². The molecule has 0 amide bonds. The summed E-state index contributed by atoms with van der Waals surface area (Å²) in [7, 11) is 0. The normalized spacial score (nSPS) is 32.6. The van der Waals surface area contributed by atoms with Gasteiger partial charge in [0.05, 0.1) is 5.92 Å². The molecule has 0 radical (unpaired) electrons. The fraction of sp³-hybridized carbons (Fsp3) is 0.750. The fourth-order valence-corrected chi connectivity index (χ4v) is 2.73. The Morgan fingerprint density at radius 2 is 1.93 bits per heavy atom. The third kappa shape index (κ3) is 2.40. The van der Waals surface area contributed by atoms with E-state index in [9.17, 15) is 4.79 Å². The quantitative estimate of drug-likeness (QED) is 0.718. The Bertz CT molecular complexity index is 259. The van der Waals surface area contributed by atoms with Gasteiger partial charge in [0.1, 0.15) is 0 Å². The van der Waals surface area contributed by atoms with Crippen molar-refractivity contribution in [3.63, 3.8) is 0 Å². The SMILES string of the molecule is CC(CN1C[C@H]2CC=CC[C@H]2C1)C(=O)O. The summed E-state index contributed by atoms with van der Waals surface area (Å²) in [4.78, 5) is 13.1. The predicted octanol–water partition coefficient (Wildman–Crippen LogP) is 1.61. The van der Waals surface area contributed by atoms with Crippen LogP contribution in [0.25, 0.3) is 0 Å². The standard InChI is InChI=1S/C12H19NO2/c1-9(12(14)15)6-13-7-10-4-2-3-5-11(10)8-13/h2-3,9-11H,4-8H2,1H3,(H,14,15)/t9?,10-,11+. The Kier molecular flexibility index (Phi) is 3.10. The van der Waals surface area contributed by atoms with E-state index in [0.29, 0.717) is 6.54 Å². The van der Waals surface area contributed by atoms with Crippen LogP contribution >= 0.6 is 0 Å². The number of likely N-dealkylation sites (tertiary alicyclic amines) is 1. The highest BCUT2D eigenvalue weighted by atomic mass is 16.4. The average Bonchev–Trinajstić information content (AvgIpc) is 2.59. The van der Waals surface area contributed by atoms with Crippen molar-refractivity contribution in [2.24, 2.45) is 17.8 Å². The molecule has 0 saturated carbocycles. The van der Waals surface area contributed by atoms with Crippen molar-refractivity contribution in [3.05, 3.63) is 12.2 Å². The summed E-state index contributed by atoms with van der Waals surface area (Å²) in [6, 6.07) is 0. The number of allylic oxidation sites excluding steroid dienone is 2. The summed E-state index contributed by atoms with van der Waals surface area (Å²) < 4.78 is 0. The third-order valence-corrected chi connectivity index (χ3v) is 3.65. The molecule has 1 saturated heterocycles. The number of carboxylic acid groups (broad SMARTS) is 1. The molecule has 0 aromatic heterocycles. The van der Waals surface area contributed by atoms with E-state index in [-0.39, 0.29) is 5.92 Å². The van der Waals surface area contributed by atoms with Crippen LogP contribution in [-0.4, -0.2) is 35.6 Å². The molecule has 15 heavy (non-hydrogen) atoms.